The molecule has 0 aliphatic carbocycles. The van der Waals surface area contributed by atoms with Crippen molar-refractivity contribution in [2.24, 2.45) is 0 Å². The molecule has 0 saturated carbocycles. The zero-order valence-corrected chi connectivity index (χ0v) is 9.47. The SMILES string of the molecule is CCCCCOC1(CC)CC(=O)NC1=O. The van der Waals surface area contributed by atoms with Gasteiger partial charge in [-0.25, -0.2) is 0 Å². The molecule has 1 fully saturated rings. The maximum atomic E-state index is 11.5. The Bertz CT molecular complexity index is 252. The summed E-state index contributed by atoms with van der Waals surface area (Å²) >= 11 is 0. The van der Waals surface area contributed by atoms with E-state index in [1.165, 1.54) is 0 Å². The van der Waals surface area contributed by atoms with Gasteiger partial charge in [0.25, 0.3) is 5.91 Å². The quantitative estimate of drug-likeness (QED) is 0.536. The minimum absolute atomic E-state index is 0.175. The fraction of sp³-hybridized carbons (Fsp3) is 0.818. The summed E-state index contributed by atoms with van der Waals surface area (Å²) in [5.74, 6) is -0.496. The van der Waals surface area contributed by atoms with Crippen LogP contribution in [0.25, 0.3) is 0 Å². The smallest absolute Gasteiger partial charge is 0.259 e. The summed E-state index contributed by atoms with van der Waals surface area (Å²) in [4.78, 5) is 22.6. The number of carbonyl (C=O) groups excluding carboxylic acids is 2. The minimum Gasteiger partial charge on any atom is -0.365 e. The van der Waals surface area contributed by atoms with Crippen molar-refractivity contribution in [2.45, 2.75) is 51.6 Å². The predicted octanol–water partition coefficient (Wildman–Crippen LogP) is 1.39. The van der Waals surface area contributed by atoms with Crippen molar-refractivity contribution in [3.05, 3.63) is 0 Å². The normalized spacial score (nSPS) is 25.7. The first kappa shape index (κ1) is 12.2. The largest absolute Gasteiger partial charge is 0.365 e. The highest BCUT2D eigenvalue weighted by atomic mass is 16.5. The van der Waals surface area contributed by atoms with E-state index in [4.69, 9.17) is 4.74 Å². The summed E-state index contributed by atoms with van der Waals surface area (Å²) in [6, 6.07) is 0. The van der Waals surface area contributed by atoms with E-state index in [1.807, 2.05) is 6.92 Å². The Balaban J connectivity index is 2.46. The summed E-state index contributed by atoms with van der Waals surface area (Å²) in [5, 5.41) is 2.30. The molecule has 1 rings (SSSR count). The van der Waals surface area contributed by atoms with Crippen LogP contribution in [0, 0.1) is 0 Å². The second-order valence-corrected chi connectivity index (χ2v) is 3.96. The highest BCUT2D eigenvalue weighted by Crippen LogP contribution is 2.26. The van der Waals surface area contributed by atoms with Gasteiger partial charge in [0.05, 0.1) is 6.42 Å². The van der Waals surface area contributed by atoms with E-state index in [2.05, 4.69) is 12.2 Å². The van der Waals surface area contributed by atoms with Crippen molar-refractivity contribution >= 4 is 11.8 Å². The molecule has 1 atom stereocenters. The topological polar surface area (TPSA) is 55.4 Å². The van der Waals surface area contributed by atoms with Crippen LogP contribution in [-0.4, -0.2) is 24.0 Å². The number of ether oxygens (including phenoxy) is 1. The number of rotatable bonds is 6. The summed E-state index contributed by atoms with van der Waals surface area (Å²) in [6.45, 7) is 4.54. The van der Waals surface area contributed by atoms with Gasteiger partial charge in [-0.1, -0.05) is 26.7 Å². The van der Waals surface area contributed by atoms with Crippen LogP contribution < -0.4 is 5.32 Å². The summed E-state index contributed by atoms with van der Waals surface area (Å²) in [5.41, 5.74) is -0.884. The van der Waals surface area contributed by atoms with Crippen LogP contribution in [0.4, 0.5) is 0 Å². The van der Waals surface area contributed by atoms with Gasteiger partial charge in [-0.05, 0) is 12.8 Å². The second-order valence-electron chi connectivity index (χ2n) is 3.96. The minimum atomic E-state index is -0.884. The standard InChI is InChI=1S/C11H19NO3/c1-3-5-6-7-15-11(4-2)8-9(13)12-10(11)14/h3-8H2,1-2H3,(H,12,13,14). The molecule has 1 aliphatic rings. The molecule has 2 amide bonds. The van der Waals surface area contributed by atoms with Crippen LogP contribution in [-0.2, 0) is 14.3 Å². The average molecular weight is 213 g/mol. The summed E-state index contributed by atoms with van der Waals surface area (Å²) < 4.78 is 5.59. The van der Waals surface area contributed by atoms with Crippen molar-refractivity contribution in [1.29, 1.82) is 0 Å². The lowest BCUT2D eigenvalue weighted by Gasteiger charge is -2.23. The van der Waals surface area contributed by atoms with Crippen molar-refractivity contribution in [3.63, 3.8) is 0 Å². The van der Waals surface area contributed by atoms with Gasteiger partial charge in [0.15, 0.2) is 5.60 Å². The van der Waals surface area contributed by atoms with Crippen LogP contribution in [0.3, 0.4) is 0 Å². The maximum absolute atomic E-state index is 11.5. The van der Waals surface area contributed by atoms with E-state index in [0.717, 1.165) is 19.3 Å². The molecule has 86 valence electrons. The number of hydrogen-bond acceptors (Lipinski definition) is 3. The molecule has 4 heteroatoms. The van der Waals surface area contributed by atoms with E-state index in [9.17, 15) is 9.59 Å². The first-order valence-electron chi connectivity index (χ1n) is 5.63. The molecule has 1 N–H and O–H groups in total. The first-order chi connectivity index (χ1) is 7.14. The van der Waals surface area contributed by atoms with E-state index >= 15 is 0 Å². The molecular weight excluding hydrogens is 194 g/mol. The van der Waals surface area contributed by atoms with Gasteiger partial charge in [-0.3, -0.25) is 14.9 Å². The lowest BCUT2D eigenvalue weighted by molar-refractivity contribution is -0.142. The van der Waals surface area contributed by atoms with E-state index in [-0.39, 0.29) is 18.2 Å². The van der Waals surface area contributed by atoms with Gasteiger partial charge >= 0.3 is 0 Å². The van der Waals surface area contributed by atoms with Crippen LogP contribution in [0.2, 0.25) is 0 Å². The number of nitrogens with one attached hydrogen (secondary N) is 1. The summed E-state index contributed by atoms with van der Waals surface area (Å²) in [6.07, 6.45) is 3.88. The fourth-order valence-electron chi connectivity index (χ4n) is 1.75. The first-order valence-corrected chi connectivity index (χ1v) is 5.63. The Morgan fingerprint density at radius 3 is 2.53 bits per heavy atom. The van der Waals surface area contributed by atoms with Crippen molar-refractivity contribution in [3.8, 4) is 0 Å². The van der Waals surface area contributed by atoms with Gasteiger partial charge in [0, 0.05) is 6.61 Å². The molecule has 4 nitrogen and oxygen atoms in total. The second kappa shape index (κ2) is 5.26. The van der Waals surface area contributed by atoms with Crippen LogP contribution >= 0.6 is 0 Å². The molecule has 0 aromatic rings. The summed E-state index contributed by atoms with van der Waals surface area (Å²) in [7, 11) is 0. The Morgan fingerprint density at radius 1 is 1.33 bits per heavy atom. The Hall–Kier alpha value is -0.900. The van der Waals surface area contributed by atoms with Crippen molar-refractivity contribution < 1.29 is 14.3 Å². The Kier molecular flexibility index (Phi) is 4.27. The fourth-order valence-corrected chi connectivity index (χ4v) is 1.75. The maximum Gasteiger partial charge on any atom is 0.259 e. The number of imide groups is 1. The van der Waals surface area contributed by atoms with Gasteiger partial charge in [0.2, 0.25) is 5.91 Å². The molecule has 0 radical (unpaired) electrons. The molecule has 1 unspecified atom stereocenters. The molecule has 0 aromatic carbocycles. The highest BCUT2D eigenvalue weighted by molar-refractivity contribution is 6.07. The van der Waals surface area contributed by atoms with E-state index in [0.29, 0.717) is 13.0 Å². The monoisotopic (exact) mass is 213 g/mol. The molecule has 15 heavy (non-hydrogen) atoms. The lowest BCUT2D eigenvalue weighted by Crippen LogP contribution is -2.40. The number of hydrogen-bond donors (Lipinski definition) is 1. The third kappa shape index (κ3) is 2.78. The van der Waals surface area contributed by atoms with Crippen LogP contribution in [0.1, 0.15) is 46.0 Å². The molecule has 1 aliphatic heterocycles. The zero-order valence-electron chi connectivity index (χ0n) is 9.47. The number of amides is 2. The van der Waals surface area contributed by atoms with E-state index in [1.54, 1.807) is 0 Å². The van der Waals surface area contributed by atoms with E-state index < -0.39 is 5.60 Å². The molecule has 1 heterocycles. The lowest BCUT2D eigenvalue weighted by atomic mass is 9.98. The molecule has 1 saturated heterocycles. The Morgan fingerprint density at radius 2 is 2.07 bits per heavy atom. The predicted molar refractivity (Wildman–Crippen MR) is 56.3 cm³/mol. The van der Waals surface area contributed by atoms with Crippen molar-refractivity contribution in [2.75, 3.05) is 6.61 Å². The average Bonchev–Trinajstić information content (AvgIpc) is 2.49. The highest BCUT2D eigenvalue weighted by Gasteiger charge is 2.46. The van der Waals surface area contributed by atoms with Gasteiger partial charge in [-0.2, -0.15) is 0 Å². The number of carbonyl (C=O) groups is 2. The third-order valence-corrected chi connectivity index (χ3v) is 2.81. The molecule has 0 aromatic heterocycles. The molecule has 0 bridgehead atoms. The van der Waals surface area contributed by atoms with Gasteiger partial charge in [0.1, 0.15) is 0 Å². The van der Waals surface area contributed by atoms with Gasteiger partial charge < -0.3 is 4.74 Å². The zero-order chi connectivity index (χ0) is 11.3. The number of unbranched alkanes of at least 4 members (excludes halogenated alkanes) is 2. The van der Waals surface area contributed by atoms with Crippen LogP contribution in [0.15, 0.2) is 0 Å². The van der Waals surface area contributed by atoms with Crippen LogP contribution in [0.5, 0.6) is 0 Å². The Labute approximate surface area is 90.4 Å². The third-order valence-electron chi connectivity index (χ3n) is 2.81. The molecular formula is C11H19NO3. The van der Waals surface area contributed by atoms with Gasteiger partial charge in [-0.15, -0.1) is 0 Å². The van der Waals surface area contributed by atoms with Crippen molar-refractivity contribution in [1.82, 2.24) is 5.32 Å². The molecule has 0 spiro atoms.